The Balaban J connectivity index is 2.60. The van der Waals surface area contributed by atoms with Crippen LogP contribution in [0.2, 0.25) is 0 Å². The van der Waals surface area contributed by atoms with E-state index in [1.165, 1.54) is 0 Å². The second kappa shape index (κ2) is 3.73. The van der Waals surface area contributed by atoms with Crippen LogP contribution in [0.1, 0.15) is 11.1 Å². The first kappa shape index (κ1) is 9.71. The van der Waals surface area contributed by atoms with Gasteiger partial charge in [-0.05, 0) is 37.1 Å². The van der Waals surface area contributed by atoms with Crippen molar-refractivity contribution in [3.63, 3.8) is 0 Å². The maximum absolute atomic E-state index is 9.72. The highest BCUT2D eigenvalue weighted by molar-refractivity contribution is 5.69. The maximum atomic E-state index is 9.72. The molecule has 0 saturated carbocycles. The minimum Gasteiger partial charge on any atom is -0.507 e. The van der Waals surface area contributed by atoms with E-state index in [0.717, 1.165) is 22.4 Å². The van der Waals surface area contributed by atoms with Gasteiger partial charge in [0.15, 0.2) is 0 Å². The number of benzene rings is 1. The second-order valence-corrected chi connectivity index (χ2v) is 3.70. The van der Waals surface area contributed by atoms with Crippen LogP contribution < -0.4 is 0 Å². The van der Waals surface area contributed by atoms with Crippen LogP contribution in [0, 0.1) is 13.8 Å². The minimum atomic E-state index is 0.275. The zero-order valence-electron chi connectivity index (χ0n) is 8.86. The molecule has 2 aromatic rings. The number of aromatic hydroxyl groups is 1. The number of aromatic nitrogens is 1. The van der Waals surface area contributed by atoms with Crippen LogP contribution in [0.25, 0.3) is 11.3 Å². The Morgan fingerprint density at radius 3 is 2.53 bits per heavy atom. The van der Waals surface area contributed by atoms with Crippen molar-refractivity contribution in [3.8, 4) is 17.0 Å². The molecule has 1 heterocycles. The molecule has 0 unspecified atom stereocenters. The number of phenolic OH excluding ortho intramolecular Hbond substituents is 1. The van der Waals surface area contributed by atoms with Crippen LogP contribution in [0.4, 0.5) is 0 Å². The first-order valence-electron chi connectivity index (χ1n) is 4.90. The van der Waals surface area contributed by atoms with Gasteiger partial charge < -0.3 is 5.11 Å². The van der Waals surface area contributed by atoms with Crippen molar-refractivity contribution in [3.05, 3.63) is 47.7 Å². The molecule has 0 fully saturated rings. The van der Waals surface area contributed by atoms with Crippen molar-refractivity contribution in [1.82, 2.24) is 4.98 Å². The average Bonchev–Trinajstić information content (AvgIpc) is 2.20. The number of aryl methyl sites for hydroxylation is 2. The Morgan fingerprint density at radius 1 is 1.13 bits per heavy atom. The molecular formula is C13H13NO. The molecule has 15 heavy (non-hydrogen) atoms. The van der Waals surface area contributed by atoms with Gasteiger partial charge in [0.05, 0.1) is 5.69 Å². The SMILES string of the molecule is Cc1cnc(-c2ccccc2O)c(C)c1. The van der Waals surface area contributed by atoms with E-state index in [-0.39, 0.29) is 5.75 Å². The van der Waals surface area contributed by atoms with Gasteiger partial charge in [0.2, 0.25) is 0 Å². The van der Waals surface area contributed by atoms with Crippen LogP contribution in [0.3, 0.4) is 0 Å². The molecule has 0 radical (unpaired) electrons. The lowest BCUT2D eigenvalue weighted by Crippen LogP contribution is -1.89. The van der Waals surface area contributed by atoms with Crippen LogP contribution in [0.5, 0.6) is 5.75 Å². The van der Waals surface area contributed by atoms with Crippen molar-refractivity contribution in [1.29, 1.82) is 0 Å². The first-order valence-corrected chi connectivity index (χ1v) is 4.90. The van der Waals surface area contributed by atoms with Crippen molar-refractivity contribution < 1.29 is 5.11 Å². The Labute approximate surface area is 89.2 Å². The van der Waals surface area contributed by atoms with Gasteiger partial charge in [-0.3, -0.25) is 4.98 Å². The fourth-order valence-corrected chi connectivity index (χ4v) is 1.67. The van der Waals surface area contributed by atoms with E-state index in [4.69, 9.17) is 0 Å². The molecule has 0 aliphatic carbocycles. The summed E-state index contributed by atoms with van der Waals surface area (Å²) in [4.78, 5) is 4.35. The highest BCUT2D eigenvalue weighted by Gasteiger charge is 2.07. The Morgan fingerprint density at radius 2 is 1.87 bits per heavy atom. The summed E-state index contributed by atoms with van der Waals surface area (Å²) in [5.41, 5.74) is 3.84. The van der Waals surface area contributed by atoms with Crippen molar-refractivity contribution in [2.24, 2.45) is 0 Å². The topological polar surface area (TPSA) is 33.1 Å². The van der Waals surface area contributed by atoms with Crippen LogP contribution in [-0.2, 0) is 0 Å². The third kappa shape index (κ3) is 1.84. The van der Waals surface area contributed by atoms with Gasteiger partial charge in [-0.25, -0.2) is 0 Å². The van der Waals surface area contributed by atoms with E-state index in [1.54, 1.807) is 6.07 Å². The lowest BCUT2D eigenvalue weighted by Gasteiger charge is -2.07. The Bertz CT molecular complexity index is 492. The monoisotopic (exact) mass is 199 g/mol. The minimum absolute atomic E-state index is 0.275. The van der Waals surface area contributed by atoms with Gasteiger partial charge in [-0.2, -0.15) is 0 Å². The third-order valence-corrected chi connectivity index (χ3v) is 2.37. The second-order valence-electron chi connectivity index (χ2n) is 3.70. The summed E-state index contributed by atoms with van der Waals surface area (Å²) in [6.45, 7) is 4.01. The zero-order valence-corrected chi connectivity index (χ0v) is 8.86. The van der Waals surface area contributed by atoms with Gasteiger partial charge >= 0.3 is 0 Å². The molecule has 76 valence electrons. The van der Waals surface area contributed by atoms with E-state index in [2.05, 4.69) is 11.1 Å². The summed E-state index contributed by atoms with van der Waals surface area (Å²) in [6, 6.07) is 9.32. The normalized spacial score (nSPS) is 10.3. The molecule has 1 aromatic carbocycles. The van der Waals surface area contributed by atoms with Crippen molar-refractivity contribution in [2.75, 3.05) is 0 Å². The van der Waals surface area contributed by atoms with Crippen LogP contribution in [-0.4, -0.2) is 10.1 Å². The molecule has 2 nitrogen and oxygen atoms in total. The van der Waals surface area contributed by atoms with Gasteiger partial charge in [0.1, 0.15) is 5.75 Å². The Kier molecular flexibility index (Phi) is 2.42. The summed E-state index contributed by atoms with van der Waals surface area (Å²) in [5, 5.41) is 9.72. The lowest BCUT2D eigenvalue weighted by atomic mass is 10.0. The summed E-state index contributed by atoms with van der Waals surface area (Å²) in [7, 11) is 0. The van der Waals surface area contributed by atoms with E-state index < -0.39 is 0 Å². The average molecular weight is 199 g/mol. The number of para-hydroxylation sites is 1. The fourth-order valence-electron chi connectivity index (χ4n) is 1.67. The van der Waals surface area contributed by atoms with Gasteiger partial charge in [0.25, 0.3) is 0 Å². The van der Waals surface area contributed by atoms with Gasteiger partial charge in [-0.15, -0.1) is 0 Å². The molecule has 0 saturated heterocycles. The summed E-state index contributed by atoms with van der Waals surface area (Å²) >= 11 is 0. The molecule has 0 amide bonds. The number of phenols is 1. The molecule has 1 N–H and O–H groups in total. The Hall–Kier alpha value is -1.83. The third-order valence-electron chi connectivity index (χ3n) is 2.37. The molecule has 0 bridgehead atoms. The largest absolute Gasteiger partial charge is 0.507 e. The fraction of sp³-hybridized carbons (Fsp3) is 0.154. The van der Waals surface area contributed by atoms with Gasteiger partial charge in [-0.1, -0.05) is 18.2 Å². The summed E-state index contributed by atoms with van der Waals surface area (Å²) in [6.07, 6.45) is 1.81. The van der Waals surface area contributed by atoms with Crippen LogP contribution >= 0.6 is 0 Å². The molecular weight excluding hydrogens is 186 g/mol. The molecule has 2 rings (SSSR count). The molecule has 0 aliphatic rings. The highest BCUT2D eigenvalue weighted by atomic mass is 16.3. The van der Waals surface area contributed by atoms with E-state index in [9.17, 15) is 5.11 Å². The first-order chi connectivity index (χ1) is 7.18. The summed E-state index contributed by atoms with van der Waals surface area (Å²) in [5.74, 6) is 0.275. The molecule has 0 aliphatic heterocycles. The summed E-state index contributed by atoms with van der Waals surface area (Å²) < 4.78 is 0. The highest BCUT2D eigenvalue weighted by Crippen LogP contribution is 2.29. The van der Waals surface area contributed by atoms with Crippen LogP contribution in [0.15, 0.2) is 36.5 Å². The standard InChI is InChI=1S/C13H13NO/c1-9-7-10(2)13(14-8-9)11-5-3-4-6-12(11)15/h3-8,15H,1-2H3. The smallest absolute Gasteiger partial charge is 0.124 e. The van der Waals surface area contributed by atoms with Crippen molar-refractivity contribution in [2.45, 2.75) is 13.8 Å². The van der Waals surface area contributed by atoms with Crippen molar-refractivity contribution >= 4 is 0 Å². The molecule has 2 heteroatoms. The quantitative estimate of drug-likeness (QED) is 0.765. The van der Waals surface area contributed by atoms with E-state index in [1.807, 2.05) is 38.2 Å². The van der Waals surface area contributed by atoms with E-state index in [0.29, 0.717) is 0 Å². The van der Waals surface area contributed by atoms with Gasteiger partial charge in [0, 0.05) is 11.8 Å². The predicted octanol–water partition coefficient (Wildman–Crippen LogP) is 3.07. The number of hydrogen-bond donors (Lipinski definition) is 1. The molecule has 0 atom stereocenters. The lowest BCUT2D eigenvalue weighted by molar-refractivity contribution is 0.477. The van der Waals surface area contributed by atoms with E-state index >= 15 is 0 Å². The molecule has 0 spiro atoms. The molecule has 1 aromatic heterocycles. The zero-order chi connectivity index (χ0) is 10.8. The number of pyridine rings is 1. The maximum Gasteiger partial charge on any atom is 0.124 e. The number of hydrogen-bond acceptors (Lipinski definition) is 2. The predicted molar refractivity (Wildman–Crippen MR) is 60.8 cm³/mol. The number of rotatable bonds is 1. The number of nitrogens with zero attached hydrogens (tertiary/aromatic N) is 1.